The minimum atomic E-state index is -0.874. The Kier molecular flexibility index (Phi) is 6.72. The quantitative estimate of drug-likeness (QED) is 0.770. The summed E-state index contributed by atoms with van der Waals surface area (Å²) in [6.07, 6.45) is 0.330. The molecular formula is C16H23NO4. The SMILES string of the molecule is CC(C)CCNC(=O)C(C)Oc1ccc(CC(=O)O)cc1. The zero-order valence-electron chi connectivity index (χ0n) is 12.8. The minimum absolute atomic E-state index is 0.0223. The average molecular weight is 293 g/mol. The first kappa shape index (κ1) is 17.0. The third kappa shape index (κ3) is 6.79. The first-order valence-corrected chi connectivity index (χ1v) is 7.13. The lowest BCUT2D eigenvalue weighted by molar-refractivity contribution is -0.136. The Morgan fingerprint density at radius 1 is 1.19 bits per heavy atom. The van der Waals surface area contributed by atoms with E-state index in [1.165, 1.54) is 0 Å². The first-order chi connectivity index (χ1) is 9.88. The van der Waals surface area contributed by atoms with E-state index in [4.69, 9.17) is 9.84 Å². The highest BCUT2D eigenvalue weighted by Crippen LogP contribution is 2.14. The van der Waals surface area contributed by atoms with Crippen molar-refractivity contribution in [2.45, 2.75) is 39.7 Å². The molecule has 0 saturated heterocycles. The molecule has 0 radical (unpaired) electrons. The Balaban J connectivity index is 2.44. The van der Waals surface area contributed by atoms with Gasteiger partial charge in [-0.1, -0.05) is 26.0 Å². The predicted molar refractivity (Wildman–Crippen MR) is 80.3 cm³/mol. The highest BCUT2D eigenvalue weighted by molar-refractivity contribution is 5.80. The van der Waals surface area contributed by atoms with Gasteiger partial charge in [-0.3, -0.25) is 9.59 Å². The van der Waals surface area contributed by atoms with E-state index in [2.05, 4.69) is 19.2 Å². The number of hydrogen-bond donors (Lipinski definition) is 2. The molecule has 1 amide bonds. The van der Waals surface area contributed by atoms with Crippen LogP contribution in [0.2, 0.25) is 0 Å². The standard InChI is InChI=1S/C16H23NO4/c1-11(2)8-9-17-16(20)12(3)21-14-6-4-13(5-7-14)10-15(18)19/h4-7,11-12H,8-10H2,1-3H3,(H,17,20)(H,18,19). The van der Waals surface area contributed by atoms with Crippen LogP contribution in [0.5, 0.6) is 5.75 Å². The molecule has 1 rings (SSSR count). The number of aliphatic carboxylic acids is 1. The molecule has 0 heterocycles. The second kappa shape index (κ2) is 8.29. The molecule has 0 saturated carbocycles. The molecule has 21 heavy (non-hydrogen) atoms. The largest absolute Gasteiger partial charge is 0.481 e. The van der Waals surface area contributed by atoms with Gasteiger partial charge in [0.2, 0.25) is 0 Å². The van der Waals surface area contributed by atoms with Gasteiger partial charge in [-0.25, -0.2) is 0 Å². The summed E-state index contributed by atoms with van der Waals surface area (Å²) in [4.78, 5) is 22.4. The molecule has 1 aromatic rings. The number of rotatable bonds is 8. The predicted octanol–water partition coefficient (Wildman–Crippen LogP) is 2.24. The molecule has 2 N–H and O–H groups in total. The molecule has 116 valence electrons. The van der Waals surface area contributed by atoms with Gasteiger partial charge in [-0.2, -0.15) is 0 Å². The topological polar surface area (TPSA) is 75.6 Å². The normalized spacial score (nSPS) is 12.0. The molecule has 0 aliphatic heterocycles. The molecule has 0 bridgehead atoms. The summed E-state index contributed by atoms with van der Waals surface area (Å²) in [5.74, 6) is 0.0748. The molecule has 1 atom stereocenters. The Morgan fingerprint density at radius 3 is 2.33 bits per heavy atom. The number of nitrogens with one attached hydrogen (secondary N) is 1. The van der Waals surface area contributed by atoms with E-state index >= 15 is 0 Å². The lowest BCUT2D eigenvalue weighted by Gasteiger charge is -2.15. The van der Waals surface area contributed by atoms with Crippen LogP contribution in [0.25, 0.3) is 0 Å². The number of benzene rings is 1. The summed E-state index contributed by atoms with van der Waals surface area (Å²) >= 11 is 0. The van der Waals surface area contributed by atoms with E-state index in [9.17, 15) is 9.59 Å². The Morgan fingerprint density at radius 2 is 1.81 bits per heavy atom. The molecule has 0 aromatic heterocycles. The summed E-state index contributed by atoms with van der Waals surface area (Å²) in [7, 11) is 0. The van der Waals surface area contributed by atoms with E-state index < -0.39 is 12.1 Å². The second-order valence-electron chi connectivity index (χ2n) is 5.45. The fourth-order valence-corrected chi connectivity index (χ4v) is 1.75. The van der Waals surface area contributed by atoms with Gasteiger partial charge in [0, 0.05) is 6.54 Å². The lowest BCUT2D eigenvalue weighted by Crippen LogP contribution is -2.37. The van der Waals surface area contributed by atoms with Gasteiger partial charge >= 0.3 is 5.97 Å². The lowest BCUT2D eigenvalue weighted by atomic mass is 10.1. The number of hydrogen-bond acceptors (Lipinski definition) is 3. The van der Waals surface area contributed by atoms with Crippen molar-refractivity contribution in [2.24, 2.45) is 5.92 Å². The minimum Gasteiger partial charge on any atom is -0.481 e. The Labute approximate surface area is 125 Å². The van der Waals surface area contributed by atoms with Crippen LogP contribution < -0.4 is 10.1 Å². The highest BCUT2D eigenvalue weighted by Gasteiger charge is 2.14. The van der Waals surface area contributed by atoms with Crippen LogP contribution in [0.3, 0.4) is 0 Å². The smallest absolute Gasteiger partial charge is 0.307 e. The average Bonchev–Trinajstić information content (AvgIpc) is 2.39. The van der Waals surface area contributed by atoms with Gasteiger partial charge in [0.25, 0.3) is 5.91 Å². The zero-order chi connectivity index (χ0) is 15.8. The fourth-order valence-electron chi connectivity index (χ4n) is 1.75. The molecule has 1 aromatic carbocycles. The van der Waals surface area contributed by atoms with Crippen molar-refractivity contribution >= 4 is 11.9 Å². The first-order valence-electron chi connectivity index (χ1n) is 7.13. The van der Waals surface area contributed by atoms with Gasteiger partial charge in [0.1, 0.15) is 5.75 Å². The third-order valence-corrected chi connectivity index (χ3v) is 2.98. The molecule has 0 spiro atoms. The van der Waals surface area contributed by atoms with Crippen LogP contribution in [0.1, 0.15) is 32.8 Å². The molecular weight excluding hydrogens is 270 g/mol. The van der Waals surface area contributed by atoms with Gasteiger partial charge in [0.05, 0.1) is 6.42 Å². The fraction of sp³-hybridized carbons (Fsp3) is 0.500. The number of carboxylic acid groups (broad SMARTS) is 1. The number of carbonyl (C=O) groups is 2. The van der Waals surface area contributed by atoms with Crippen molar-refractivity contribution in [3.05, 3.63) is 29.8 Å². The number of carboxylic acids is 1. The van der Waals surface area contributed by atoms with E-state index in [1.54, 1.807) is 31.2 Å². The summed E-state index contributed by atoms with van der Waals surface area (Å²) in [6, 6.07) is 6.73. The summed E-state index contributed by atoms with van der Waals surface area (Å²) in [5, 5.41) is 11.5. The van der Waals surface area contributed by atoms with E-state index in [0.29, 0.717) is 23.8 Å². The molecule has 5 heteroatoms. The van der Waals surface area contributed by atoms with Gasteiger partial charge in [-0.15, -0.1) is 0 Å². The molecule has 0 fully saturated rings. The van der Waals surface area contributed by atoms with Crippen LogP contribution in [0.4, 0.5) is 0 Å². The highest BCUT2D eigenvalue weighted by atomic mass is 16.5. The summed E-state index contributed by atoms with van der Waals surface area (Å²) < 4.78 is 5.53. The van der Waals surface area contributed by atoms with Crippen LogP contribution >= 0.6 is 0 Å². The van der Waals surface area contributed by atoms with Crippen molar-refractivity contribution in [2.75, 3.05) is 6.54 Å². The van der Waals surface area contributed by atoms with Crippen LogP contribution in [0.15, 0.2) is 24.3 Å². The van der Waals surface area contributed by atoms with Gasteiger partial charge in [0.15, 0.2) is 6.10 Å². The van der Waals surface area contributed by atoms with E-state index in [1.807, 2.05) is 0 Å². The van der Waals surface area contributed by atoms with Crippen molar-refractivity contribution in [1.29, 1.82) is 0 Å². The second-order valence-corrected chi connectivity index (χ2v) is 5.45. The van der Waals surface area contributed by atoms with Crippen molar-refractivity contribution in [3.8, 4) is 5.75 Å². The third-order valence-electron chi connectivity index (χ3n) is 2.98. The molecule has 1 unspecified atom stereocenters. The van der Waals surface area contributed by atoms with Crippen LogP contribution in [0, 0.1) is 5.92 Å². The number of ether oxygens (including phenoxy) is 1. The Bertz CT molecular complexity index is 468. The van der Waals surface area contributed by atoms with Gasteiger partial charge < -0.3 is 15.2 Å². The Hall–Kier alpha value is -2.04. The van der Waals surface area contributed by atoms with Crippen LogP contribution in [-0.4, -0.2) is 29.6 Å². The molecule has 0 aliphatic carbocycles. The monoisotopic (exact) mass is 293 g/mol. The maximum Gasteiger partial charge on any atom is 0.307 e. The molecule has 0 aliphatic rings. The van der Waals surface area contributed by atoms with Gasteiger partial charge in [-0.05, 0) is 37.0 Å². The van der Waals surface area contributed by atoms with Crippen molar-refractivity contribution in [1.82, 2.24) is 5.32 Å². The van der Waals surface area contributed by atoms with E-state index in [0.717, 1.165) is 6.42 Å². The van der Waals surface area contributed by atoms with Crippen molar-refractivity contribution in [3.63, 3.8) is 0 Å². The summed E-state index contributed by atoms with van der Waals surface area (Å²) in [6.45, 7) is 6.53. The van der Waals surface area contributed by atoms with E-state index in [-0.39, 0.29) is 12.3 Å². The number of carbonyl (C=O) groups excluding carboxylic acids is 1. The summed E-state index contributed by atoms with van der Waals surface area (Å²) in [5.41, 5.74) is 0.698. The maximum absolute atomic E-state index is 11.8. The van der Waals surface area contributed by atoms with Crippen molar-refractivity contribution < 1.29 is 19.4 Å². The number of amides is 1. The molecule has 5 nitrogen and oxygen atoms in total. The van der Waals surface area contributed by atoms with Crippen LogP contribution in [-0.2, 0) is 16.0 Å². The maximum atomic E-state index is 11.8. The zero-order valence-corrected chi connectivity index (χ0v) is 12.8.